The van der Waals surface area contributed by atoms with E-state index in [-0.39, 0.29) is 18.1 Å². The lowest BCUT2D eigenvalue weighted by atomic mass is 9.76. The van der Waals surface area contributed by atoms with E-state index in [1.165, 1.54) is 6.92 Å². The standard InChI is InChI=1S/C16H17NO4/c1-10(18)21-16(9-17)8-14-13(7-15(16)20-14)11-3-5-12(19-2)6-4-11/h3-6,13-15H,7-8H2,1-2H3/t13-,14-,15-,16+/m1/s1. The van der Waals surface area contributed by atoms with Crippen LogP contribution in [0, 0.1) is 11.3 Å². The monoisotopic (exact) mass is 287 g/mol. The molecule has 5 nitrogen and oxygen atoms in total. The minimum Gasteiger partial charge on any atom is -0.497 e. The van der Waals surface area contributed by atoms with Crippen molar-refractivity contribution in [2.45, 2.75) is 43.5 Å². The molecular formula is C16H17NO4. The Hall–Kier alpha value is -2.06. The molecule has 2 fully saturated rings. The summed E-state index contributed by atoms with van der Waals surface area (Å²) < 4.78 is 16.3. The van der Waals surface area contributed by atoms with Gasteiger partial charge in [0.05, 0.1) is 13.2 Å². The van der Waals surface area contributed by atoms with Crippen molar-refractivity contribution < 1.29 is 19.0 Å². The maximum Gasteiger partial charge on any atom is 0.304 e. The molecular weight excluding hydrogens is 270 g/mol. The van der Waals surface area contributed by atoms with Gasteiger partial charge in [0.1, 0.15) is 17.9 Å². The van der Waals surface area contributed by atoms with Crippen molar-refractivity contribution >= 4 is 5.97 Å². The van der Waals surface area contributed by atoms with E-state index in [0.29, 0.717) is 12.8 Å². The zero-order valence-corrected chi connectivity index (χ0v) is 12.0. The molecule has 0 radical (unpaired) electrons. The third-order valence-corrected chi connectivity index (χ3v) is 4.34. The van der Waals surface area contributed by atoms with Crippen molar-refractivity contribution in [3.8, 4) is 11.8 Å². The van der Waals surface area contributed by atoms with Crippen LogP contribution in [-0.4, -0.2) is 30.9 Å². The van der Waals surface area contributed by atoms with Gasteiger partial charge in [-0.15, -0.1) is 0 Å². The van der Waals surface area contributed by atoms with Crippen LogP contribution >= 0.6 is 0 Å². The Morgan fingerprint density at radius 2 is 2.14 bits per heavy atom. The van der Waals surface area contributed by atoms with Crippen LogP contribution in [0.25, 0.3) is 0 Å². The molecule has 2 saturated heterocycles. The zero-order valence-electron chi connectivity index (χ0n) is 12.0. The Bertz CT molecular complexity index is 591. The molecule has 0 amide bonds. The molecule has 110 valence electrons. The molecule has 0 spiro atoms. The lowest BCUT2D eigenvalue weighted by Crippen LogP contribution is -2.43. The smallest absolute Gasteiger partial charge is 0.304 e. The molecule has 1 aromatic carbocycles. The number of methoxy groups -OCH3 is 1. The highest BCUT2D eigenvalue weighted by Crippen LogP contribution is 2.50. The van der Waals surface area contributed by atoms with E-state index in [0.717, 1.165) is 11.3 Å². The molecule has 0 unspecified atom stereocenters. The minimum absolute atomic E-state index is 0.0811. The normalized spacial score (nSPS) is 33.5. The fourth-order valence-corrected chi connectivity index (χ4v) is 3.37. The average molecular weight is 287 g/mol. The van der Waals surface area contributed by atoms with Crippen molar-refractivity contribution in [3.05, 3.63) is 29.8 Å². The van der Waals surface area contributed by atoms with Crippen molar-refractivity contribution in [2.75, 3.05) is 7.11 Å². The van der Waals surface area contributed by atoms with Crippen molar-refractivity contribution in [1.29, 1.82) is 5.26 Å². The predicted octanol–water partition coefficient (Wildman–Crippen LogP) is 2.17. The third-order valence-electron chi connectivity index (χ3n) is 4.34. The first kappa shape index (κ1) is 13.9. The Balaban J connectivity index is 1.78. The molecule has 2 heterocycles. The van der Waals surface area contributed by atoms with Gasteiger partial charge in [0, 0.05) is 19.3 Å². The van der Waals surface area contributed by atoms with Crippen LogP contribution in [0.3, 0.4) is 0 Å². The second kappa shape index (κ2) is 5.05. The van der Waals surface area contributed by atoms with Crippen LogP contribution < -0.4 is 4.74 Å². The molecule has 5 heteroatoms. The summed E-state index contributed by atoms with van der Waals surface area (Å²) in [6.45, 7) is 1.33. The predicted molar refractivity (Wildman–Crippen MR) is 73.7 cm³/mol. The number of fused-ring (bicyclic) bond motifs is 2. The van der Waals surface area contributed by atoms with E-state index >= 15 is 0 Å². The molecule has 1 aromatic rings. The Labute approximate surface area is 123 Å². The second-order valence-electron chi connectivity index (χ2n) is 5.58. The topological polar surface area (TPSA) is 68.6 Å². The number of rotatable bonds is 3. The minimum atomic E-state index is -1.11. The van der Waals surface area contributed by atoms with Gasteiger partial charge in [-0.1, -0.05) is 12.1 Å². The van der Waals surface area contributed by atoms with E-state index in [1.54, 1.807) is 7.11 Å². The number of carbonyl (C=O) groups excluding carboxylic acids is 1. The van der Waals surface area contributed by atoms with E-state index in [1.807, 2.05) is 24.3 Å². The van der Waals surface area contributed by atoms with Crippen LogP contribution in [-0.2, 0) is 14.3 Å². The van der Waals surface area contributed by atoms with Crippen molar-refractivity contribution in [1.82, 2.24) is 0 Å². The lowest BCUT2D eigenvalue weighted by Gasteiger charge is -2.30. The number of nitriles is 1. The van der Waals surface area contributed by atoms with E-state index in [9.17, 15) is 10.1 Å². The van der Waals surface area contributed by atoms with Crippen LogP contribution in [0.2, 0.25) is 0 Å². The summed E-state index contributed by atoms with van der Waals surface area (Å²) in [5.74, 6) is 0.612. The molecule has 0 saturated carbocycles. The number of benzene rings is 1. The molecule has 2 aliphatic rings. The Morgan fingerprint density at radius 1 is 1.43 bits per heavy atom. The summed E-state index contributed by atoms with van der Waals surface area (Å²) in [5, 5.41) is 9.39. The summed E-state index contributed by atoms with van der Waals surface area (Å²) in [4.78, 5) is 11.2. The maximum atomic E-state index is 11.2. The van der Waals surface area contributed by atoms with E-state index in [4.69, 9.17) is 14.2 Å². The number of esters is 1. The van der Waals surface area contributed by atoms with Crippen LogP contribution in [0.1, 0.15) is 31.2 Å². The van der Waals surface area contributed by atoms with Crippen LogP contribution in [0.4, 0.5) is 0 Å². The highest BCUT2D eigenvalue weighted by molar-refractivity contribution is 5.67. The number of ether oxygens (including phenoxy) is 3. The summed E-state index contributed by atoms with van der Waals surface area (Å²) in [6.07, 6.45) is 0.702. The molecule has 21 heavy (non-hydrogen) atoms. The highest BCUT2D eigenvalue weighted by Gasteiger charge is 2.59. The maximum absolute atomic E-state index is 11.2. The van der Waals surface area contributed by atoms with Crippen molar-refractivity contribution in [3.63, 3.8) is 0 Å². The first-order valence-electron chi connectivity index (χ1n) is 6.98. The van der Waals surface area contributed by atoms with Gasteiger partial charge in [0.2, 0.25) is 5.60 Å². The van der Waals surface area contributed by atoms with Gasteiger partial charge in [-0.05, 0) is 24.1 Å². The Morgan fingerprint density at radius 3 is 2.62 bits per heavy atom. The fourth-order valence-electron chi connectivity index (χ4n) is 3.37. The van der Waals surface area contributed by atoms with Gasteiger partial charge >= 0.3 is 5.97 Å². The van der Waals surface area contributed by atoms with Crippen molar-refractivity contribution in [2.24, 2.45) is 0 Å². The number of nitrogens with zero attached hydrogens (tertiary/aromatic N) is 1. The van der Waals surface area contributed by atoms with Gasteiger partial charge in [-0.3, -0.25) is 4.79 Å². The fraction of sp³-hybridized carbons (Fsp3) is 0.500. The van der Waals surface area contributed by atoms with Gasteiger partial charge < -0.3 is 14.2 Å². The molecule has 0 N–H and O–H groups in total. The Kier molecular flexibility index (Phi) is 3.34. The second-order valence-corrected chi connectivity index (χ2v) is 5.58. The van der Waals surface area contributed by atoms with Crippen LogP contribution in [0.15, 0.2) is 24.3 Å². The zero-order chi connectivity index (χ0) is 15.0. The quantitative estimate of drug-likeness (QED) is 0.797. The summed E-state index contributed by atoms with van der Waals surface area (Å²) in [5.41, 5.74) is 0.0529. The SMILES string of the molecule is COc1ccc([C@H]2C[C@H]3O[C@@H]2C[C@@]3(C#N)OC(C)=O)cc1. The molecule has 4 atom stereocenters. The average Bonchev–Trinajstić information content (AvgIpc) is 3.04. The molecule has 2 bridgehead atoms. The summed E-state index contributed by atoms with van der Waals surface area (Å²) in [7, 11) is 1.63. The van der Waals surface area contributed by atoms with Gasteiger partial charge in [-0.25, -0.2) is 0 Å². The molecule has 2 aliphatic heterocycles. The van der Waals surface area contributed by atoms with E-state index < -0.39 is 11.6 Å². The van der Waals surface area contributed by atoms with E-state index in [2.05, 4.69) is 6.07 Å². The largest absolute Gasteiger partial charge is 0.497 e. The number of hydrogen-bond acceptors (Lipinski definition) is 5. The number of hydrogen-bond donors (Lipinski definition) is 0. The number of carbonyl (C=O) groups is 1. The molecule has 0 aliphatic carbocycles. The van der Waals surface area contributed by atoms with Gasteiger partial charge in [0.25, 0.3) is 0 Å². The summed E-state index contributed by atoms with van der Waals surface area (Å²) in [6, 6.07) is 10.0. The highest BCUT2D eigenvalue weighted by atomic mass is 16.6. The molecule has 0 aromatic heterocycles. The van der Waals surface area contributed by atoms with Gasteiger partial charge in [0.15, 0.2) is 0 Å². The first-order valence-corrected chi connectivity index (χ1v) is 6.98. The van der Waals surface area contributed by atoms with Crippen LogP contribution in [0.5, 0.6) is 5.75 Å². The lowest BCUT2D eigenvalue weighted by molar-refractivity contribution is -0.155. The third kappa shape index (κ3) is 2.26. The first-order chi connectivity index (χ1) is 10.1. The summed E-state index contributed by atoms with van der Waals surface area (Å²) >= 11 is 0. The molecule has 3 rings (SSSR count). The van der Waals surface area contributed by atoms with Gasteiger partial charge in [-0.2, -0.15) is 5.26 Å².